The molecule has 0 radical (unpaired) electrons. The van der Waals surface area contributed by atoms with E-state index in [1.54, 1.807) is 24.3 Å². The van der Waals surface area contributed by atoms with E-state index in [0.29, 0.717) is 22.9 Å². The molecule has 2 N–H and O–H groups in total. The van der Waals surface area contributed by atoms with E-state index < -0.39 is 37.0 Å². The molecule has 2 amide bonds. The van der Waals surface area contributed by atoms with Crippen LogP contribution in [0.2, 0.25) is 0 Å². The van der Waals surface area contributed by atoms with Crippen molar-refractivity contribution in [1.82, 2.24) is 0 Å². The molecular weight excluding hydrogens is 492 g/mol. The van der Waals surface area contributed by atoms with Crippen LogP contribution in [0, 0.1) is 13.8 Å². The Morgan fingerprint density at radius 1 is 0.605 bits per heavy atom. The van der Waals surface area contributed by atoms with Crippen LogP contribution in [0.5, 0.6) is 11.5 Å². The zero-order valence-corrected chi connectivity index (χ0v) is 21.5. The Morgan fingerprint density at radius 3 is 1.32 bits per heavy atom. The molecule has 0 aliphatic carbocycles. The topological polar surface area (TPSA) is 129 Å². The molecular formula is C28H28N2O8. The third-order valence-corrected chi connectivity index (χ3v) is 5.28. The molecule has 0 saturated heterocycles. The molecule has 0 aliphatic heterocycles. The predicted molar refractivity (Wildman–Crippen MR) is 140 cm³/mol. The number of carbonyl (C=O) groups excluding carboxylic acids is 4. The monoisotopic (exact) mass is 520 g/mol. The fraction of sp³-hybridized carbons (Fsp3) is 0.214. The van der Waals surface area contributed by atoms with E-state index >= 15 is 0 Å². The van der Waals surface area contributed by atoms with Gasteiger partial charge in [-0.15, -0.1) is 0 Å². The van der Waals surface area contributed by atoms with Gasteiger partial charge in [-0.25, -0.2) is 9.59 Å². The molecule has 198 valence electrons. The number of benzene rings is 3. The van der Waals surface area contributed by atoms with Crippen molar-refractivity contribution in [3.63, 3.8) is 0 Å². The molecule has 0 unspecified atom stereocenters. The summed E-state index contributed by atoms with van der Waals surface area (Å²) in [6, 6.07) is 16.0. The third kappa shape index (κ3) is 7.57. The van der Waals surface area contributed by atoms with E-state index in [0.717, 1.165) is 11.1 Å². The van der Waals surface area contributed by atoms with Crippen molar-refractivity contribution in [1.29, 1.82) is 0 Å². The average molecular weight is 521 g/mol. The Bertz CT molecular complexity index is 1230. The highest BCUT2D eigenvalue weighted by Crippen LogP contribution is 2.26. The Kier molecular flexibility index (Phi) is 9.42. The molecule has 0 aromatic heterocycles. The van der Waals surface area contributed by atoms with Crippen LogP contribution in [-0.2, 0) is 19.1 Å². The zero-order chi connectivity index (χ0) is 27.7. The number of rotatable bonds is 10. The van der Waals surface area contributed by atoms with Gasteiger partial charge in [-0.3, -0.25) is 9.59 Å². The molecule has 3 rings (SSSR count). The maximum Gasteiger partial charge on any atom is 0.338 e. The second-order valence-corrected chi connectivity index (χ2v) is 8.23. The number of hydrogen-bond acceptors (Lipinski definition) is 8. The van der Waals surface area contributed by atoms with E-state index in [4.69, 9.17) is 18.9 Å². The van der Waals surface area contributed by atoms with E-state index in [-0.39, 0.29) is 11.1 Å². The summed E-state index contributed by atoms with van der Waals surface area (Å²) in [7, 11) is 2.97. The minimum atomic E-state index is -0.747. The SMILES string of the molecule is COc1ccc(C)cc1NC(=O)COC(=O)c1ccc(C(=O)OCC(=O)Nc2cc(C)ccc2OC)cc1. The van der Waals surface area contributed by atoms with Gasteiger partial charge >= 0.3 is 11.9 Å². The predicted octanol–water partition coefficient (Wildman–Crippen LogP) is 3.91. The third-order valence-electron chi connectivity index (χ3n) is 5.28. The molecule has 0 aliphatic rings. The lowest BCUT2D eigenvalue weighted by molar-refractivity contribution is -0.119. The van der Waals surface area contributed by atoms with Crippen molar-refractivity contribution in [2.24, 2.45) is 0 Å². The standard InChI is InChI=1S/C28H28N2O8/c1-17-5-11-23(35-3)21(13-17)29-25(31)15-37-27(33)19-7-9-20(10-8-19)28(34)38-16-26(32)30-22-14-18(2)6-12-24(22)36-4/h5-14H,15-16H2,1-4H3,(H,29,31)(H,30,32). The molecule has 0 fully saturated rings. The van der Waals surface area contributed by atoms with Crippen LogP contribution >= 0.6 is 0 Å². The van der Waals surface area contributed by atoms with Gasteiger partial charge in [0.2, 0.25) is 0 Å². The first-order valence-electron chi connectivity index (χ1n) is 11.5. The number of methoxy groups -OCH3 is 2. The van der Waals surface area contributed by atoms with Crippen LogP contribution in [0.4, 0.5) is 11.4 Å². The number of esters is 2. The number of nitrogens with one attached hydrogen (secondary N) is 2. The maximum atomic E-state index is 12.3. The Balaban J connectivity index is 1.48. The van der Waals surface area contributed by atoms with Crippen LogP contribution in [0.1, 0.15) is 31.8 Å². The van der Waals surface area contributed by atoms with Gasteiger partial charge in [-0.05, 0) is 73.5 Å². The number of anilines is 2. The van der Waals surface area contributed by atoms with Gasteiger partial charge in [0.25, 0.3) is 11.8 Å². The van der Waals surface area contributed by atoms with Crippen molar-refractivity contribution >= 4 is 35.1 Å². The minimum Gasteiger partial charge on any atom is -0.495 e. The Morgan fingerprint density at radius 2 is 0.974 bits per heavy atom. The lowest BCUT2D eigenvalue weighted by Crippen LogP contribution is -2.22. The smallest absolute Gasteiger partial charge is 0.338 e. The summed E-state index contributed by atoms with van der Waals surface area (Å²) in [5, 5.41) is 5.28. The minimum absolute atomic E-state index is 0.131. The van der Waals surface area contributed by atoms with Gasteiger partial charge < -0.3 is 29.6 Å². The zero-order valence-electron chi connectivity index (χ0n) is 21.5. The number of carbonyl (C=O) groups is 4. The maximum absolute atomic E-state index is 12.3. The van der Waals surface area contributed by atoms with Crippen molar-refractivity contribution in [3.05, 3.63) is 82.9 Å². The summed E-state index contributed by atoms with van der Waals surface area (Å²) in [5.74, 6) is -1.62. The number of ether oxygens (including phenoxy) is 4. The number of amides is 2. The van der Waals surface area contributed by atoms with Crippen LogP contribution in [-0.4, -0.2) is 51.2 Å². The number of hydrogen-bond donors (Lipinski definition) is 2. The summed E-state index contributed by atoms with van der Waals surface area (Å²) < 4.78 is 20.5. The summed E-state index contributed by atoms with van der Waals surface area (Å²) in [6.07, 6.45) is 0. The first-order valence-corrected chi connectivity index (χ1v) is 11.5. The van der Waals surface area contributed by atoms with Gasteiger partial charge in [0, 0.05) is 0 Å². The molecule has 38 heavy (non-hydrogen) atoms. The van der Waals surface area contributed by atoms with Gasteiger partial charge in [0.15, 0.2) is 13.2 Å². The molecule has 0 heterocycles. The normalized spacial score (nSPS) is 10.2. The largest absolute Gasteiger partial charge is 0.495 e. The van der Waals surface area contributed by atoms with Gasteiger partial charge in [-0.1, -0.05) is 12.1 Å². The summed E-state index contributed by atoms with van der Waals surface area (Å²) in [5.41, 5.74) is 3.03. The molecule has 0 atom stereocenters. The first-order chi connectivity index (χ1) is 18.2. The van der Waals surface area contributed by atoms with Gasteiger partial charge in [0.05, 0.1) is 36.7 Å². The first kappa shape index (κ1) is 27.7. The van der Waals surface area contributed by atoms with Crippen molar-refractivity contribution in [2.45, 2.75) is 13.8 Å². The van der Waals surface area contributed by atoms with Crippen molar-refractivity contribution in [2.75, 3.05) is 38.1 Å². The fourth-order valence-electron chi connectivity index (χ4n) is 3.38. The van der Waals surface area contributed by atoms with E-state index in [2.05, 4.69) is 10.6 Å². The molecule has 0 spiro atoms. The second-order valence-electron chi connectivity index (χ2n) is 8.23. The highest BCUT2D eigenvalue weighted by atomic mass is 16.5. The van der Waals surface area contributed by atoms with E-state index in [1.807, 2.05) is 26.0 Å². The molecule has 10 heteroatoms. The van der Waals surface area contributed by atoms with Gasteiger partial charge in [-0.2, -0.15) is 0 Å². The molecule has 3 aromatic rings. The number of aryl methyl sites for hydroxylation is 2. The van der Waals surface area contributed by atoms with Crippen molar-refractivity contribution < 1.29 is 38.1 Å². The van der Waals surface area contributed by atoms with Crippen LogP contribution < -0.4 is 20.1 Å². The van der Waals surface area contributed by atoms with E-state index in [1.165, 1.54) is 38.5 Å². The lowest BCUT2D eigenvalue weighted by Gasteiger charge is -2.12. The Hall–Kier alpha value is -4.86. The van der Waals surface area contributed by atoms with Gasteiger partial charge in [0.1, 0.15) is 11.5 Å². The summed E-state index contributed by atoms with van der Waals surface area (Å²) in [6.45, 7) is 2.71. The average Bonchev–Trinajstić information content (AvgIpc) is 2.90. The highest BCUT2D eigenvalue weighted by Gasteiger charge is 2.15. The van der Waals surface area contributed by atoms with Crippen LogP contribution in [0.15, 0.2) is 60.7 Å². The molecule has 3 aromatic carbocycles. The summed E-state index contributed by atoms with van der Waals surface area (Å²) in [4.78, 5) is 49.1. The fourth-order valence-corrected chi connectivity index (χ4v) is 3.38. The van der Waals surface area contributed by atoms with Crippen LogP contribution in [0.25, 0.3) is 0 Å². The lowest BCUT2D eigenvalue weighted by atomic mass is 10.1. The molecule has 10 nitrogen and oxygen atoms in total. The highest BCUT2D eigenvalue weighted by molar-refractivity contribution is 5.98. The quantitative estimate of drug-likeness (QED) is 0.385. The van der Waals surface area contributed by atoms with Crippen molar-refractivity contribution in [3.8, 4) is 11.5 Å². The Labute approximate surface area is 219 Å². The second kappa shape index (κ2) is 12.9. The molecule has 0 bridgehead atoms. The van der Waals surface area contributed by atoms with E-state index in [9.17, 15) is 19.2 Å². The molecule has 0 saturated carbocycles. The summed E-state index contributed by atoms with van der Waals surface area (Å²) >= 11 is 0. The van der Waals surface area contributed by atoms with Crippen LogP contribution in [0.3, 0.4) is 0 Å².